The summed E-state index contributed by atoms with van der Waals surface area (Å²) in [5.74, 6) is 0.149. The van der Waals surface area contributed by atoms with E-state index in [4.69, 9.17) is 4.74 Å². The first-order valence-corrected chi connectivity index (χ1v) is 9.13. The lowest BCUT2D eigenvalue weighted by Crippen LogP contribution is -2.35. The molecule has 1 unspecified atom stereocenters. The van der Waals surface area contributed by atoms with Gasteiger partial charge in [-0.1, -0.05) is 12.1 Å². The van der Waals surface area contributed by atoms with Crippen molar-refractivity contribution in [3.63, 3.8) is 0 Å². The van der Waals surface area contributed by atoms with Crippen LogP contribution in [0.5, 0.6) is 5.75 Å². The quantitative estimate of drug-likeness (QED) is 0.452. The Morgan fingerprint density at radius 2 is 2.11 bits per heavy atom. The molecule has 0 radical (unpaired) electrons. The smallest absolute Gasteiger partial charge is 0.293 e. The van der Waals surface area contributed by atoms with Crippen LogP contribution in [-0.2, 0) is 0 Å². The molecule has 8 nitrogen and oxygen atoms in total. The highest BCUT2D eigenvalue weighted by molar-refractivity contribution is 5.95. The number of nitro benzene ring substituents is 1. The Bertz CT molecular complexity index is 867. The Hall–Kier alpha value is -3.13. The average molecular weight is 385 g/mol. The van der Waals surface area contributed by atoms with Crippen molar-refractivity contribution in [1.29, 1.82) is 0 Å². The van der Waals surface area contributed by atoms with Gasteiger partial charge >= 0.3 is 0 Å². The lowest BCUT2D eigenvalue weighted by molar-refractivity contribution is -0.384. The summed E-state index contributed by atoms with van der Waals surface area (Å²) in [6.07, 6.45) is 1.07. The summed E-state index contributed by atoms with van der Waals surface area (Å²) in [6, 6.07) is 12.0. The van der Waals surface area contributed by atoms with Gasteiger partial charge < -0.3 is 20.5 Å². The molecule has 1 aliphatic carbocycles. The number of aliphatic hydroxyl groups excluding tert-OH is 1. The summed E-state index contributed by atoms with van der Waals surface area (Å²) in [6.45, 7) is 1.93. The van der Waals surface area contributed by atoms with Crippen molar-refractivity contribution in [3.8, 4) is 5.75 Å². The summed E-state index contributed by atoms with van der Waals surface area (Å²) >= 11 is 0. The van der Waals surface area contributed by atoms with Gasteiger partial charge in [-0.3, -0.25) is 14.9 Å². The molecule has 148 valence electrons. The van der Waals surface area contributed by atoms with Crippen molar-refractivity contribution in [2.75, 3.05) is 18.5 Å². The van der Waals surface area contributed by atoms with Gasteiger partial charge in [0.25, 0.3) is 11.6 Å². The van der Waals surface area contributed by atoms with Crippen molar-refractivity contribution >= 4 is 17.3 Å². The van der Waals surface area contributed by atoms with Gasteiger partial charge in [-0.15, -0.1) is 0 Å². The number of carbonyl (C=O) groups excluding carboxylic acids is 1. The van der Waals surface area contributed by atoms with E-state index in [1.165, 1.54) is 12.1 Å². The maximum absolute atomic E-state index is 12.3. The van der Waals surface area contributed by atoms with E-state index in [1.54, 1.807) is 12.1 Å². The fourth-order valence-electron chi connectivity index (χ4n) is 2.66. The molecule has 0 bridgehead atoms. The number of hydrogen-bond donors (Lipinski definition) is 3. The highest BCUT2D eigenvalue weighted by Crippen LogP contribution is 2.31. The molecule has 1 amide bonds. The molecule has 1 aliphatic rings. The standard InChI is InChI=1S/C20H23N3O5/c1-13-3-2-4-17(9-13)28-12-16(24)11-21-20(25)14-5-8-18(22-15-6-7-15)19(10-14)23(26)27/h2-5,8-10,15-16,22,24H,6-7,11-12H2,1H3,(H,21,25). The van der Waals surface area contributed by atoms with Crippen LogP contribution in [0.4, 0.5) is 11.4 Å². The number of aliphatic hydroxyl groups is 1. The highest BCUT2D eigenvalue weighted by atomic mass is 16.6. The fourth-order valence-corrected chi connectivity index (χ4v) is 2.66. The number of aryl methyl sites for hydroxylation is 1. The van der Waals surface area contributed by atoms with Gasteiger partial charge in [-0.25, -0.2) is 0 Å². The van der Waals surface area contributed by atoms with E-state index in [0.717, 1.165) is 18.4 Å². The van der Waals surface area contributed by atoms with Crippen LogP contribution in [0.1, 0.15) is 28.8 Å². The van der Waals surface area contributed by atoms with Gasteiger partial charge in [-0.2, -0.15) is 0 Å². The number of benzene rings is 2. The minimum Gasteiger partial charge on any atom is -0.491 e. The van der Waals surface area contributed by atoms with E-state index >= 15 is 0 Å². The molecule has 1 atom stereocenters. The van der Waals surface area contributed by atoms with Gasteiger partial charge in [0.05, 0.1) is 4.92 Å². The SMILES string of the molecule is Cc1cccc(OCC(O)CNC(=O)c2ccc(NC3CC3)c([N+](=O)[O-])c2)c1. The van der Waals surface area contributed by atoms with Crippen molar-refractivity contribution in [1.82, 2.24) is 5.32 Å². The zero-order chi connectivity index (χ0) is 20.1. The number of anilines is 1. The number of rotatable bonds is 9. The van der Waals surface area contributed by atoms with Crippen LogP contribution in [0.25, 0.3) is 0 Å². The number of nitrogens with one attached hydrogen (secondary N) is 2. The van der Waals surface area contributed by atoms with Crippen LogP contribution in [0.2, 0.25) is 0 Å². The van der Waals surface area contributed by atoms with Crippen LogP contribution in [0, 0.1) is 17.0 Å². The molecule has 0 aromatic heterocycles. The second-order valence-electron chi connectivity index (χ2n) is 6.90. The third-order valence-electron chi connectivity index (χ3n) is 4.32. The first kappa shape index (κ1) is 19.6. The van der Waals surface area contributed by atoms with E-state index in [9.17, 15) is 20.0 Å². The lowest BCUT2D eigenvalue weighted by atomic mass is 10.1. The number of nitrogens with zero attached hydrogens (tertiary/aromatic N) is 1. The van der Waals surface area contributed by atoms with Crippen LogP contribution >= 0.6 is 0 Å². The lowest BCUT2D eigenvalue weighted by Gasteiger charge is -2.14. The molecule has 0 saturated heterocycles. The van der Waals surface area contributed by atoms with Crippen LogP contribution < -0.4 is 15.4 Å². The largest absolute Gasteiger partial charge is 0.491 e. The average Bonchev–Trinajstić information content (AvgIpc) is 3.48. The predicted octanol–water partition coefficient (Wildman–Crippen LogP) is 2.65. The fraction of sp³-hybridized carbons (Fsp3) is 0.350. The number of ether oxygens (including phenoxy) is 1. The van der Waals surface area contributed by atoms with Gasteiger partial charge in [0, 0.05) is 24.2 Å². The van der Waals surface area contributed by atoms with Crippen molar-refractivity contribution < 1.29 is 19.6 Å². The molecule has 3 N–H and O–H groups in total. The normalized spacial score (nSPS) is 14.2. The molecule has 8 heteroatoms. The van der Waals surface area contributed by atoms with Crippen LogP contribution in [0.3, 0.4) is 0 Å². The highest BCUT2D eigenvalue weighted by Gasteiger charge is 2.25. The van der Waals surface area contributed by atoms with Gasteiger partial charge in [0.15, 0.2) is 0 Å². The molecule has 2 aromatic carbocycles. The molecule has 0 spiro atoms. The first-order chi connectivity index (χ1) is 13.4. The van der Waals surface area contributed by atoms with E-state index < -0.39 is 16.9 Å². The van der Waals surface area contributed by atoms with Crippen molar-refractivity contribution in [2.45, 2.75) is 31.9 Å². The molecular formula is C20H23N3O5. The molecule has 1 fully saturated rings. The van der Waals surface area contributed by atoms with Gasteiger partial charge in [0.2, 0.25) is 0 Å². The van der Waals surface area contributed by atoms with Crippen LogP contribution in [0.15, 0.2) is 42.5 Å². The summed E-state index contributed by atoms with van der Waals surface area (Å²) in [5.41, 5.74) is 1.49. The predicted molar refractivity (Wildman–Crippen MR) is 105 cm³/mol. The molecule has 28 heavy (non-hydrogen) atoms. The first-order valence-electron chi connectivity index (χ1n) is 9.13. The Morgan fingerprint density at radius 1 is 1.32 bits per heavy atom. The molecule has 3 rings (SSSR count). The molecule has 2 aromatic rings. The third-order valence-corrected chi connectivity index (χ3v) is 4.32. The molecule has 0 heterocycles. The molecule has 1 saturated carbocycles. The third kappa shape index (κ3) is 5.43. The minimum absolute atomic E-state index is 0.0220. The van der Waals surface area contributed by atoms with Crippen LogP contribution in [-0.4, -0.2) is 41.2 Å². The number of hydrogen-bond acceptors (Lipinski definition) is 6. The van der Waals surface area contributed by atoms with Crippen molar-refractivity contribution in [2.24, 2.45) is 0 Å². The Balaban J connectivity index is 1.53. The van der Waals surface area contributed by atoms with Crippen molar-refractivity contribution in [3.05, 3.63) is 63.7 Å². The van der Waals surface area contributed by atoms with E-state index in [-0.39, 0.29) is 30.4 Å². The topological polar surface area (TPSA) is 114 Å². The maximum Gasteiger partial charge on any atom is 0.293 e. The van der Waals surface area contributed by atoms with Gasteiger partial charge in [-0.05, 0) is 49.6 Å². The zero-order valence-electron chi connectivity index (χ0n) is 15.6. The Labute approximate surface area is 162 Å². The van der Waals surface area contributed by atoms with E-state index in [2.05, 4.69) is 10.6 Å². The molecular weight excluding hydrogens is 362 g/mol. The second-order valence-corrected chi connectivity index (χ2v) is 6.90. The number of nitro groups is 1. The van der Waals surface area contributed by atoms with E-state index in [1.807, 2.05) is 25.1 Å². The summed E-state index contributed by atoms with van der Waals surface area (Å²) in [7, 11) is 0. The number of carbonyl (C=O) groups is 1. The second kappa shape index (κ2) is 8.71. The minimum atomic E-state index is -0.907. The monoisotopic (exact) mass is 385 g/mol. The summed E-state index contributed by atoms with van der Waals surface area (Å²) in [5, 5.41) is 27.0. The Morgan fingerprint density at radius 3 is 2.79 bits per heavy atom. The Kier molecular flexibility index (Phi) is 6.10. The zero-order valence-corrected chi connectivity index (χ0v) is 15.6. The number of amides is 1. The van der Waals surface area contributed by atoms with Gasteiger partial charge in [0.1, 0.15) is 24.1 Å². The molecule has 0 aliphatic heterocycles. The summed E-state index contributed by atoms with van der Waals surface area (Å²) < 4.78 is 5.50. The maximum atomic E-state index is 12.3. The van der Waals surface area contributed by atoms with E-state index in [0.29, 0.717) is 11.4 Å². The summed E-state index contributed by atoms with van der Waals surface area (Å²) in [4.78, 5) is 23.1.